The Bertz CT molecular complexity index is 854. The lowest BCUT2D eigenvalue weighted by Crippen LogP contribution is -2.40. The predicted octanol–water partition coefficient (Wildman–Crippen LogP) is 3.60. The maximum atomic E-state index is 10.3. The number of nitrogens with one attached hydrogen (secondary N) is 1. The zero-order valence-electron chi connectivity index (χ0n) is 14.4. The Morgan fingerprint density at radius 2 is 2.04 bits per heavy atom. The molecule has 0 amide bonds. The lowest BCUT2D eigenvalue weighted by Gasteiger charge is -2.26. The van der Waals surface area contributed by atoms with E-state index in [9.17, 15) is 5.11 Å². The van der Waals surface area contributed by atoms with Crippen LogP contribution in [0, 0.1) is 0 Å². The van der Waals surface area contributed by atoms with Crippen molar-refractivity contribution in [3.05, 3.63) is 59.8 Å². The molecule has 2 atom stereocenters. The lowest BCUT2D eigenvalue weighted by atomic mass is 9.88. The van der Waals surface area contributed by atoms with Crippen molar-refractivity contribution in [2.45, 2.75) is 31.4 Å². The van der Waals surface area contributed by atoms with Gasteiger partial charge in [0.15, 0.2) is 0 Å². The molecule has 6 heteroatoms. The number of fused-ring (bicyclic) bond motifs is 2. The molecule has 0 aliphatic heterocycles. The summed E-state index contributed by atoms with van der Waals surface area (Å²) in [6, 6.07) is 15.0. The van der Waals surface area contributed by atoms with Gasteiger partial charge in [-0.1, -0.05) is 30.3 Å². The van der Waals surface area contributed by atoms with E-state index in [2.05, 4.69) is 34.0 Å². The Kier molecular flexibility index (Phi) is 6.48. The highest BCUT2D eigenvalue weighted by Crippen LogP contribution is 2.27. The summed E-state index contributed by atoms with van der Waals surface area (Å²) in [7, 11) is 0. The molecule has 2 N–H and O–H groups in total. The molecule has 0 bridgehead atoms. The Balaban J connectivity index is 0.00000196. The number of benzene rings is 2. The van der Waals surface area contributed by atoms with Gasteiger partial charge in [0.05, 0.1) is 16.3 Å². The molecular weight excluding hydrogens is 368 g/mol. The molecular formula is C20H23ClN2O2S. The van der Waals surface area contributed by atoms with Gasteiger partial charge in [0, 0.05) is 12.6 Å². The summed E-state index contributed by atoms with van der Waals surface area (Å²) < 4.78 is 11.1. The zero-order valence-corrected chi connectivity index (χ0v) is 16.1. The summed E-state index contributed by atoms with van der Waals surface area (Å²) in [6.45, 7) is 0.829. The van der Waals surface area contributed by atoms with Gasteiger partial charge >= 0.3 is 0 Å². The summed E-state index contributed by atoms with van der Waals surface area (Å²) in [5.41, 5.74) is 2.88. The number of hydrogen-bond acceptors (Lipinski definition) is 5. The van der Waals surface area contributed by atoms with Gasteiger partial charge in [-0.25, -0.2) is 0 Å². The van der Waals surface area contributed by atoms with Crippen LogP contribution in [0.3, 0.4) is 0 Å². The topological polar surface area (TPSA) is 54.4 Å². The molecule has 26 heavy (non-hydrogen) atoms. The highest BCUT2D eigenvalue weighted by molar-refractivity contribution is 7.13. The van der Waals surface area contributed by atoms with Crippen LogP contribution < -0.4 is 10.1 Å². The molecule has 1 aliphatic rings. The molecule has 1 heterocycles. The third-order valence-corrected chi connectivity index (χ3v) is 5.54. The number of rotatable bonds is 6. The first-order valence-electron chi connectivity index (χ1n) is 8.74. The molecule has 0 radical (unpaired) electrons. The largest absolute Gasteiger partial charge is 0.490 e. The molecule has 138 valence electrons. The highest BCUT2D eigenvalue weighted by Gasteiger charge is 2.18. The van der Waals surface area contributed by atoms with Gasteiger partial charge in [-0.2, -0.15) is 4.37 Å². The first kappa shape index (κ1) is 19.1. The van der Waals surface area contributed by atoms with E-state index >= 15 is 0 Å². The second-order valence-corrected chi connectivity index (χ2v) is 7.41. The normalized spacial score (nSPS) is 17.3. The highest BCUT2D eigenvalue weighted by atomic mass is 35.5. The fraction of sp³-hybridized carbons (Fsp3) is 0.350. The molecule has 0 fully saturated rings. The monoisotopic (exact) mass is 390 g/mol. The third-order valence-electron chi connectivity index (χ3n) is 4.78. The molecule has 0 saturated heterocycles. The summed E-state index contributed by atoms with van der Waals surface area (Å²) in [6.07, 6.45) is 4.54. The number of ether oxygens (including phenoxy) is 1. The van der Waals surface area contributed by atoms with E-state index < -0.39 is 6.10 Å². The molecule has 0 saturated carbocycles. The SMILES string of the molecule is Cl.OC(CNC1CCc2ccccc2C1)COc1cccc2sncc12. The Morgan fingerprint density at radius 1 is 1.19 bits per heavy atom. The molecule has 1 aliphatic carbocycles. The van der Waals surface area contributed by atoms with Crippen molar-refractivity contribution in [2.75, 3.05) is 13.2 Å². The van der Waals surface area contributed by atoms with Gasteiger partial charge < -0.3 is 15.2 Å². The molecule has 4 rings (SSSR count). The van der Waals surface area contributed by atoms with Crippen molar-refractivity contribution in [2.24, 2.45) is 0 Å². The van der Waals surface area contributed by atoms with Gasteiger partial charge in [0.1, 0.15) is 18.5 Å². The number of nitrogens with zero attached hydrogens (tertiary/aromatic N) is 1. The molecule has 1 aromatic heterocycles. The Labute approximate surface area is 163 Å². The van der Waals surface area contributed by atoms with Crippen molar-refractivity contribution in [1.29, 1.82) is 0 Å². The van der Waals surface area contributed by atoms with Crippen LogP contribution in [-0.2, 0) is 12.8 Å². The summed E-state index contributed by atoms with van der Waals surface area (Å²) in [5, 5.41) is 14.8. The van der Waals surface area contributed by atoms with E-state index in [4.69, 9.17) is 4.74 Å². The van der Waals surface area contributed by atoms with Crippen molar-refractivity contribution >= 4 is 34.0 Å². The van der Waals surface area contributed by atoms with Crippen molar-refractivity contribution in [1.82, 2.24) is 9.69 Å². The number of aryl methyl sites for hydroxylation is 1. The van der Waals surface area contributed by atoms with Gasteiger partial charge in [-0.3, -0.25) is 0 Å². The van der Waals surface area contributed by atoms with Gasteiger partial charge in [-0.05, 0) is 54.1 Å². The lowest BCUT2D eigenvalue weighted by molar-refractivity contribution is 0.104. The van der Waals surface area contributed by atoms with E-state index in [-0.39, 0.29) is 19.0 Å². The van der Waals surface area contributed by atoms with Crippen LogP contribution in [0.4, 0.5) is 0 Å². The van der Waals surface area contributed by atoms with E-state index in [0.29, 0.717) is 12.6 Å². The average Bonchev–Trinajstić information content (AvgIpc) is 3.14. The summed E-state index contributed by atoms with van der Waals surface area (Å²) >= 11 is 1.45. The molecule has 2 unspecified atom stereocenters. The Hall–Kier alpha value is -1.66. The van der Waals surface area contributed by atoms with E-state index in [0.717, 1.165) is 35.1 Å². The van der Waals surface area contributed by atoms with Gasteiger partial charge in [0.2, 0.25) is 0 Å². The summed E-state index contributed by atoms with van der Waals surface area (Å²) in [4.78, 5) is 0. The van der Waals surface area contributed by atoms with Gasteiger partial charge in [0.25, 0.3) is 0 Å². The van der Waals surface area contributed by atoms with Crippen molar-refractivity contribution in [3.63, 3.8) is 0 Å². The maximum absolute atomic E-state index is 10.3. The van der Waals surface area contributed by atoms with Crippen LogP contribution in [0.5, 0.6) is 5.75 Å². The van der Waals surface area contributed by atoms with Crippen LogP contribution >= 0.6 is 23.9 Å². The van der Waals surface area contributed by atoms with Crippen LogP contribution in [0.25, 0.3) is 10.1 Å². The van der Waals surface area contributed by atoms with Crippen LogP contribution in [0.2, 0.25) is 0 Å². The van der Waals surface area contributed by atoms with Gasteiger partial charge in [-0.15, -0.1) is 12.4 Å². The van der Waals surface area contributed by atoms with E-state index in [1.54, 1.807) is 0 Å². The minimum Gasteiger partial charge on any atom is -0.490 e. The van der Waals surface area contributed by atoms with Crippen molar-refractivity contribution < 1.29 is 9.84 Å². The zero-order chi connectivity index (χ0) is 17.1. The fourth-order valence-electron chi connectivity index (χ4n) is 3.41. The third kappa shape index (κ3) is 4.35. The number of aliphatic hydroxyl groups is 1. The maximum Gasteiger partial charge on any atom is 0.129 e. The minimum atomic E-state index is -0.529. The number of hydrogen-bond donors (Lipinski definition) is 2. The van der Waals surface area contributed by atoms with Crippen LogP contribution in [0.1, 0.15) is 17.5 Å². The number of aromatic nitrogens is 1. The molecule has 0 spiro atoms. The van der Waals surface area contributed by atoms with Crippen LogP contribution in [-0.4, -0.2) is 34.8 Å². The first-order valence-corrected chi connectivity index (χ1v) is 9.51. The quantitative estimate of drug-likeness (QED) is 0.675. The Morgan fingerprint density at radius 3 is 2.92 bits per heavy atom. The van der Waals surface area contributed by atoms with E-state index in [1.807, 2.05) is 24.4 Å². The fourth-order valence-corrected chi connectivity index (χ4v) is 4.07. The second kappa shape index (κ2) is 8.82. The molecule has 4 nitrogen and oxygen atoms in total. The molecule has 2 aromatic carbocycles. The number of aliphatic hydroxyl groups excluding tert-OH is 1. The molecule has 3 aromatic rings. The van der Waals surface area contributed by atoms with Crippen LogP contribution in [0.15, 0.2) is 48.7 Å². The standard InChI is InChI=1S/C20H22N2O2S.ClH/c23-17(13-24-19-6-3-7-20-18(19)12-22-25-20)11-21-16-9-8-14-4-1-2-5-15(14)10-16;/h1-7,12,16-17,21,23H,8-11,13H2;1H. The van der Waals surface area contributed by atoms with Crippen molar-refractivity contribution in [3.8, 4) is 5.75 Å². The average molecular weight is 391 g/mol. The number of halogens is 1. The smallest absolute Gasteiger partial charge is 0.129 e. The summed E-state index contributed by atoms with van der Waals surface area (Å²) in [5.74, 6) is 0.789. The minimum absolute atomic E-state index is 0. The second-order valence-electron chi connectivity index (χ2n) is 6.58. The predicted molar refractivity (Wildman–Crippen MR) is 109 cm³/mol. The van der Waals surface area contributed by atoms with E-state index in [1.165, 1.54) is 22.7 Å². The first-order chi connectivity index (χ1) is 12.3.